The summed E-state index contributed by atoms with van der Waals surface area (Å²) >= 11 is 0. The van der Waals surface area contributed by atoms with E-state index in [4.69, 9.17) is 9.47 Å². The van der Waals surface area contributed by atoms with E-state index >= 15 is 0 Å². The average Bonchev–Trinajstić information content (AvgIpc) is 2.73. The molecular formula is C21H34N4O3. The highest BCUT2D eigenvalue weighted by Gasteiger charge is 2.24. The second kappa shape index (κ2) is 11.4. The van der Waals surface area contributed by atoms with Crippen LogP contribution < -0.4 is 15.4 Å². The minimum Gasteiger partial charge on any atom is -0.497 e. The third-order valence-corrected chi connectivity index (χ3v) is 5.14. The van der Waals surface area contributed by atoms with E-state index < -0.39 is 0 Å². The highest BCUT2D eigenvalue weighted by atomic mass is 16.6. The van der Waals surface area contributed by atoms with Crippen LogP contribution >= 0.6 is 0 Å². The number of aliphatic imine (C=N–C) groups is 1. The summed E-state index contributed by atoms with van der Waals surface area (Å²) < 4.78 is 10.3. The van der Waals surface area contributed by atoms with Crippen molar-refractivity contribution in [3.63, 3.8) is 0 Å². The number of hydrogen-bond acceptors (Lipinski definition) is 4. The normalized spacial score (nSPS) is 16.4. The van der Waals surface area contributed by atoms with E-state index in [1.54, 1.807) is 19.1 Å². The Morgan fingerprint density at radius 3 is 2.54 bits per heavy atom. The molecular weight excluding hydrogens is 356 g/mol. The van der Waals surface area contributed by atoms with Crippen molar-refractivity contribution < 1.29 is 14.3 Å². The van der Waals surface area contributed by atoms with Crippen LogP contribution in [0.25, 0.3) is 0 Å². The zero-order valence-electron chi connectivity index (χ0n) is 17.5. The lowest BCUT2D eigenvalue weighted by molar-refractivity contribution is 0.0963. The summed E-state index contributed by atoms with van der Waals surface area (Å²) in [6.07, 6.45) is 2.58. The van der Waals surface area contributed by atoms with E-state index in [0.717, 1.165) is 37.5 Å². The van der Waals surface area contributed by atoms with Crippen molar-refractivity contribution in [3.05, 3.63) is 29.8 Å². The van der Waals surface area contributed by atoms with Crippen LogP contribution in [-0.4, -0.2) is 63.4 Å². The number of carbonyl (C=O) groups is 1. The number of hydrogen-bond donors (Lipinski definition) is 2. The molecule has 1 aliphatic rings. The Labute approximate surface area is 168 Å². The van der Waals surface area contributed by atoms with Gasteiger partial charge in [-0.2, -0.15) is 0 Å². The number of carbonyl (C=O) groups excluding carboxylic acids is 1. The average molecular weight is 391 g/mol. The molecule has 0 saturated carbocycles. The van der Waals surface area contributed by atoms with Crippen LogP contribution in [0.4, 0.5) is 4.79 Å². The van der Waals surface area contributed by atoms with Crippen LogP contribution in [0.15, 0.2) is 29.3 Å². The van der Waals surface area contributed by atoms with Crippen LogP contribution in [0.2, 0.25) is 0 Å². The van der Waals surface area contributed by atoms with E-state index in [2.05, 4.69) is 34.7 Å². The standard InChI is InChI=1S/C21H34N4O3/c1-5-28-21(26)25-14-11-18(12-15-25)24-20(22-3)23-13-10-16(2)17-6-8-19(27-4)9-7-17/h6-9,16,18H,5,10-15H2,1-4H3,(H2,22,23,24). The number of nitrogens with one attached hydrogen (secondary N) is 2. The monoisotopic (exact) mass is 390 g/mol. The first-order chi connectivity index (χ1) is 13.6. The van der Waals surface area contributed by atoms with E-state index in [9.17, 15) is 4.79 Å². The Morgan fingerprint density at radius 1 is 1.29 bits per heavy atom. The molecule has 1 aromatic rings. The molecule has 1 atom stereocenters. The number of ether oxygens (including phenoxy) is 2. The molecule has 2 rings (SSSR count). The zero-order chi connectivity index (χ0) is 20.4. The summed E-state index contributed by atoms with van der Waals surface area (Å²) in [6, 6.07) is 8.56. The molecule has 0 bridgehead atoms. The maximum absolute atomic E-state index is 11.8. The summed E-state index contributed by atoms with van der Waals surface area (Å²) in [5.41, 5.74) is 1.30. The van der Waals surface area contributed by atoms with Gasteiger partial charge in [-0.1, -0.05) is 19.1 Å². The lowest BCUT2D eigenvalue weighted by atomic mass is 9.98. The topological polar surface area (TPSA) is 75.2 Å². The van der Waals surface area contributed by atoms with Crippen molar-refractivity contribution >= 4 is 12.1 Å². The van der Waals surface area contributed by atoms with Crippen molar-refractivity contribution in [2.24, 2.45) is 4.99 Å². The Morgan fingerprint density at radius 2 is 1.96 bits per heavy atom. The molecule has 1 unspecified atom stereocenters. The summed E-state index contributed by atoms with van der Waals surface area (Å²) in [6.45, 7) is 6.74. The number of likely N-dealkylation sites (tertiary alicyclic amines) is 1. The molecule has 1 heterocycles. The van der Waals surface area contributed by atoms with Crippen molar-refractivity contribution in [1.82, 2.24) is 15.5 Å². The highest BCUT2D eigenvalue weighted by Crippen LogP contribution is 2.21. The number of piperidine rings is 1. The largest absolute Gasteiger partial charge is 0.497 e. The van der Waals surface area contributed by atoms with Crippen LogP contribution in [0.1, 0.15) is 44.6 Å². The van der Waals surface area contributed by atoms with Crippen molar-refractivity contribution in [2.75, 3.05) is 40.4 Å². The molecule has 0 radical (unpaired) electrons. The van der Waals surface area contributed by atoms with Gasteiger partial charge in [-0.15, -0.1) is 0 Å². The van der Waals surface area contributed by atoms with Crippen LogP contribution in [0.5, 0.6) is 5.75 Å². The van der Waals surface area contributed by atoms with Crippen molar-refractivity contribution in [1.29, 1.82) is 0 Å². The minimum absolute atomic E-state index is 0.212. The maximum Gasteiger partial charge on any atom is 0.409 e. The highest BCUT2D eigenvalue weighted by molar-refractivity contribution is 5.80. The molecule has 1 aliphatic heterocycles. The van der Waals surface area contributed by atoms with Gasteiger partial charge in [-0.05, 0) is 49.8 Å². The molecule has 0 spiro atoms. The first-order valence-corrected chi connectivity index (χ1v) is 10.1. The SMILES string of the molecule is CCOC(=O)N1CCC(NC(=NC)NCCC(C)c2ccc(OC)cc2)CC1. The van der Waals surface area contributed by atoms with Crippen LogP contribution in [-0.2, 0) is 4.74 Å². The Balaban J connectivity index is 1.70. The third kappa shape index (κ3) is 6.62. The first kappa shape index (κ1) is 21.9. The molecule has 1 fully saturated rings. The molecule has 2 N–H and O–H groups in total. The van der Waals surface area contributed by atoms with Gasteiger partial charge in [0.25, 0.3) is 0 Å². The van der Waals surface area contributed by atoms with Gasteiger partial charge in [0.1, 0.15) is 5.75 Å². The Kier molecular flexibility index (Phi) is 8.91. The number of methoxy groups -OCH3 is 1. The van der Waals surface area contributed by atoms with Crippen LogP contribution in [0.3, 0.4) is 0 Å². The molecule has 7 nitrogen and oxygen atoms in total. The van der Waals surface area contributed by atoms with Crippen molar-refractivity contribution in [2.45, 2.75) is 45.1 Å². The Bertz CT molecular complexity index is 625. The summed E-state index contributed by atoms with van der Waals surface area (Å²) in [5, 5.41) is 6.87. The maximum atomic E-state index is 11.8. The fourth-order valence-corrected chi connectivity index (χ4v) is 3.32. The van der Waals surface area contributed by atoms with Gasteiger partial charge >= 0.3 is 6.09 Å². The van der Waals surface area contributed by atoms with Gasteiger partial charge in [0.2, 0.25) is 0 Å². The van der Waals surface area contributed by atoms with Gasteiger partial charge in [-0.25, -0.2) is 4.79 Å². The molecule has 156 valence electrons. The Hall–Kier alpha value is -2.44. The van der Waals surface area contributed by atoms with Gasteiger partial charge < -0.3 is 25.0 Å². The van der Waals surface area contributed by atoms with Crippen LogP contribution in [0, 0.1) is 0 Å². The smallest absolute Gasteiger partial charge is 0.409 e. The first-order valence-electron chi connectivity index (χ1n) is 10.1. The number of benzene rings is 1. The van der Waals surface area contributed by atoms with Gasteiger partial charge in [0, 0.05) is 32.7 Å². The fourth-order valence-electron chi connectivity index (χ4n) is 3.32. The quantitative estimate of drug-likeness (QED) is 0.553. The zero-order valence-corrected chi connectivity index (χ0v) is 17.5. The molecule has 0 aliphatic carbocycles. The van der Waals surface area contributed by atoms with Gasteiger partial charge in [0.15, 0.2) is 5.96 Å². The van der Waals surface area contributed by atoms with Crippen molar-refractivity contribution in [3.8, 4) is 5.75 Å². The van der Waals surface area contributed by atoms with E-state index in [-0.39, 0.29) is 6.09 Å². The van der Waals surface area contributed by atoms with E-state index in [1.807, 2.05) is 19.1 Å². The van der Waals surface area contributed by atoms with E-state index in [1.165, 1.54) is 5.56 Å². The molecule has 1 aromatic carbocycles. The van der Waals surface area contributed by atoms with Gasteiger partial charge in [0.05, 0.1) is 13.7 Å². The minimum atomic E-state index is -0.212. The predicted octanol–water partition coefficient (Wildman–Crippen LogP) is 2.97. The summed E-state index contributed by atoms with van der Waals surface area (Å²) in [5.74, 6) is 2.15. The molecule has 1 saturated heterocycles. The third-order valence-electron chi connectivity index (χ3n) is 5.14. The molecule has 28 heavy (non-hydrogen) atoms. The second-order valence-corrected chi connectivity index (χ2v) is 7.07. The fraction of sp³-hybridized carbons (Fsp3) is 0.619. The molecule has 1 amide bonds. The molecule has 7 heteroatoms. The lowest BCUT2D eigenvalue weighted by Crippen LogP contribution is -2.50. The summed E-state index contributed by atoms with van der Waals surface area (Å²) in [7, 11) is 3.47. The molecule has 0 aromatic heterocycles. The van der Waals surface area contributed by atoms with E-state index in [0.29, 0.717) is 31.7 Å². The number of rotatable bonds is 7. The predicted molar refractivity (Wildman–Crippen MR) is 112 cm³/mol. The van der Waals surface area contributed by atoms with Gasteiger partial charge in [-0.3, -0.25) is 4.99 Å². The number of amides is 1. The summed E-state index contributed by atoms with van der Waals surface area (Å²) in [4.78, 5) is 17.9. The second-order valence-electron chi connectivity index (χ2n) is 7.07. The number of guanidine groups is 1. The number of nitrogens with zero attached hydrogens (tertiary/aromatic N) is 2. The lowest BCUT2D eigenvalue weighted by Gasteiger charge is -2.32.